The van der Waals surface area contributed by atoms with Gasteiger partial charge >= 0.3 is 0 Å². The van der Waals surface area contributed by atoms with E-state index in [4.69, 9.17) is 9.15 Å². The maximum Gasteiger partial charge on any atom is 0.277 e. The van der Waals surface area contributed by atoms with E-state index in [9.17, 15) is 4.79 Å². The number of carbonyl (C=O) groups is 1. The van der Waals surface area contributed by atoms with Gasteiger partial charge in [-0.05, 0) is 59.3 Å². The molecule has 0 N–H and O–H groups in total. The molecule has 0 aliphatic rings. The van der Waals surface area contributed by atoms with Gasteiger partial charge in [-0.1, -0.05) is 23.9 Å². The van der Waals surface area contributed by atoms with Gasteiger partial charge in [-0.3, -0.25) is 4.79 Å². The van der Waals surface area contributed by atoms with Crippen LogP contribution >= 0.6 is 27.7 Å². The van der Waals surface area contributed by atoms with Gasteiger partial charge in [-0.2, -0.15) is 0 Å². The van der Waals surface area contributed by atoms with E-state index in [2.05, 4.69) is 26.1 Å². The summed E-state index contributed by atoms with van der Waals surface area (Å²) in [5.41, 5.74) is 1.43. The Balaban J connectivity index is 1.71. The summed E-state index contributed by atoms with van der Waals surface area (Å²) >= 11 is 4.70. The number of methoxy groups -OCH3 is 1. The molecule has 0 aliphatic carbocycles. The Morgan fingerprint density at radius 2 is 1.88 bits per heavy atom. The van der Waals surface area contributed by atoms with Crippen molar-refractivity contribution in [1.29, 1.82) is 0 Å². The summed E-state index contributed by atoms with van der Waals surface area (Å²) in [5.74, 6) is 1.12. The molecule has 0 saturated heterocycles. The van der Waals surface area contributed by atoms with Crippen LogP contribution in [0.25, 0.3) is 11.5 Å². The first kappa shape index (κ1) is 17.7. The lowest BCUT2D eigenvalue weighted by atomic mass is 10.1. The van der Waals surface area contributed by atoms with E-state index in [1.807, 2.05) is 31.2 Å². The normalized spacial score (nSPS) is 12.0. The molecule has 3 rings (SSSR count). The number of ketones is 1. The third kappa shape index (κ3) is 4.11. The Morgan fingerprint density at radius 3 is 2.56 bits per heavy atom. The minimum absolute atomic E-state index is 0.00621. The van der Waals surface area contributed by atoms with Gasteiger partial charge in [0.2, 0.25) is 5.89 Å². The Kier molecular flexibility index (Phi) is 5.55. The van der Waals surface area contributed by atoms with E-state index >= 15 is 0 Å². The van der Waals surface area contributed by atoms with Crippen molar-refractivity contribution >= 4 is 33.5 Å². The zero-order valence-corrected chi connectivity index (χ0v) is 16.0. The molecule has 0 radical (unpaired) electrons. The van der Waals surface area contributed by atoms with Crippen molar-refractivity contribution in [3.05, 3.63) is 58.6 Å². The molecule has 1 atom stereocenters. The number of benzene rings is 2. The largest absolute Gasteiger partial charge is 0.497 e. The first-order chi connectivity index (χ1) is 12.1. The first-order valence-corrected chi connectivity index (χ1v) is 9.19. The summed E-state index contributed by atoms with van der Waals surface area (Å²) in [4.78, 5) is 12.5. The first-order valence-electron chi connectivity index (χ1n) is 7.52. The molecular weight excluding hydrogens is 404 g/mol. The predicted molar refractivity (Wildman–Crippen MR) is 100 cm³/mol. The highest BCUT2D eigenvalue weighted by Gasteiger charge is 2.20. The Morgan fingerprint density at radius 1 is 1.16 bits per heavy atom. The summed E-state index contributed by atoms with van der Waals surface area (Å²) in [6.45, 7) is 1.82. The maximum absolute atomic E-state index is 12.5. The number of aromatic nitrogens is 2. The second kappa shape index (κ2) is 7.84. The molecule has 128 valence electrons. The molecule has 0 fully saturated rings. The lowest BCUT2D eigenvalue weighted by Gasteiger charge is -2.08. The molecule has 3 aromatic rings. The van der Waals surface area contributed by atoms with Crippen LogP contribution < -0.4 is 4.74 Å². The van der Waals surface area contributed by atoms with Crippen LogP contribution in [0.5, 0.6) is 5.75 Å². The molecule has 0 spiro atoms. The van der Waals surface area contributed by atoms with E-state index in [0.717, 1.165) is 10.0 Å². The topological polar surface area (TPSA) is 65.2 Å². The van der Waals surface area contributed by atoms with Crippen LogP contribution in [0.3, 0.4) is 0 Å². The Hall–Kier alpha value is -2.12. The lowest BCUT2D eigenvalue weighted by molar-refractivity contribution is 0.0993. The molecule has 0 amide bonds. The molecule has 1 unspecified atom stereocenters. The van der Waals surface area contributed by atoms with Crippen molar-refractivity contribution < 1.29 is 13.9 Å². The molecule has 1 heterocycles. The minimum atomic E-state index is -0.346. The average Bonchev–Trinajstić information content (AvgIpc) is 3.09. The summed E-state index contributed by atoms with van der Waals surface area (Å²) < 4.78 is 11.7. The van der Waals surface area contributed by atoms with Gasteiger partial charge in [-0.25, -0.2) is 0 Å². The third-order valence-corrected chi connectivity index (χ3v) is 5.16. The van der Waals surface area contributed by atoms with Crippen molar-refractivity contribution in [1.82, 2.24) is 10.2 Å². The average molecular weight is 419 g/mol. The number of hydrogen-bond donors (Lipinski definition) is 0. The highest BCUT2D eigenvalue weighted by Crippen LogP contribution is 2.31. The van der Waals surface area contributed by atoms with Crippen LogP contribution in [0.4, 0.5) is 0 Å². The summed E-state index contributed by atoms with van der Waals surface area (Å²) in [6.07, 6.45) is 0. The minimum Gasteiger partial charge on any atom is -0.497 e. The molecule has 0 bridgehead atoms. The molecule has 0 saturated carbocycles. The van der Waals surface area contributed by atoms with Gasteiger partial charge in [0.05, 0.1) is 17.9 Å². The summed E-state index contributed by atoms with van der Waals surface area (Å²) in [7, 11) is 1.59. The quantitative estimate of drug-likeness (QED) is 0.420. The Labute approximate surface area is 157 Å². The fraction of sp³-hybridized carbons (Fsp3) is 0.167. The summed E-state index contributed by atoms with van der Waals surface area (Å²) in [6, 6.07) is 14.6. The van der Waals surface area contributed by atoms with E-state index in [-0.39, 0.29) is 11.0 Å². The van der Waals surface area contributed by atoms with Gasteiger partial charge in [-0.15, -0.1) is 10.2 Å². The highest BCUT2D eigenvalue weighted by molar-refractivity contribution is 9.10. The van der Waals surface area contributed by atoms with Crippen LogP contribution in [-0.4, -0.2) is 28.3 Å². The lowest BCUT2D eigenvalue weighted by Crippen LogP contribution is -2.13. The molecule has 7 heteroatoms. The molecule has 5 nitrogen and oxygen atoms in total. The van der Waals surface area contributed by atoms with Gasteiger partial charge in [0.25, 0.3) is 5.22 Å². The van der Waals surface area contributed by atoms with Crippen molar-refractivity contribution in [2.75, 3.05) is 7.11 Å². The number of rotatable bonds is 6. The van der Waals surface area contributed by atoms with Crippen molar-refractivity contribution in [2.24, 2.45) is 0 Å². The molecular formula is C18H15BrN2O3S. The monoisotopic (exact) mass is 418 g/mol. The van der Waals surface area contributed by atoms with E-state index in [1.54, 1.807) is 31.4 Å². The fourth-order valence-electron chi connectivity index (χ4n) is 2.20. The third-order valence-electron chi connectivity index (χ3n) is 3.53. The van der Waals surface area contributed by atoms with Gasteiger partial charge in [0.15, 0.2) is 5.78 Å². The number of nitrogens with zero attached hydrogens (tertiary/aromatic N) is 2. The van der Waals surface area contributed by atoms with Crippen molar-refractivity contribution in [3.8, 4) is 17.2 Å². The smallest absolute Gasteiger partial charge is 0.277 e. The Bertz CT molecular complexity index is 880. The number of Topliss-reactive ketones (excluding diaryl/α,β-unsaturated/α-hetero) is 1. The molecule has 2 aromatic carbocycles. The van der Waals surface area contributed by atoms with E-state index in [1.165, 1.54) is 11.8 Å². The van der Waals surface area contributed by atoms with Crippen LogP contribution in [0.2, 0.25) is 0 Å². The fourth-order valence-corrected chi connectivity index (χ4v) is 3.41. The van der Waals surface area contributed by atoms with Crippen molar-refractivity contribution in [2.45, 2.75) is 17.4 Å². The second-order valence-corrected chi connectivity index (χ2v) is 7.35. The SMILES string of the molecule is COc1ccc(C(=O)C(C)Sc2nnc(-c3ccccc3Br)o2)cc1. The number of carbonyl (C=O) groups excluding carboxylic acids is 1. The van der Waals surface area contributed by atoms with Crippen molar-refractivity contribution in [3.63, 3.8) is 0 Å². The zero-order chi connectivity index (χ0) is 17.8. The van der Waals surface area contributed by atoms with Crippen LogP contribution in [0.15, 0.2) is 62.6 Å². The maximum atomic E-state index is 12.5. The highest BCUT2D eigenvalue weighted by atomic mass is 79.9. The van der Waals surface area contributed by atoms with Crippen LogP contribution in [0, 0.1) is 0 Å². The van der Waals surface area contributed by atoms with Crippen LogP contribution in [-0.2, 0) is 0 Å². The predicted octanol–water partition coefficient (Wildman–Crippen LogP) is 4.87. The molecule has 0 aliphatic heterocycles. The molecule has 1 aromatic heterocycles. The zero-order valence-electron chi connectivity index (χ0n) is 13.6. The van der Waals surface area contributed by atoms with E-state index < -0.39 is 0 Å². The molecule has 25 heavy (non-hydrogen) atoms. The number of ether oxygens (including phenoxy) is 1. The number of halogens is 1. The van der Waals surface area contributed by atoms with Gasteiger partial charge in [0.1, 0.15) is 5.75 Å². The van der Waals surface area contributed by atoms with E-state index in [0.29, 0.717) is 22.4 Å². The standard InChI is InChI=1S/C18H15BrN2O3S/c1-11(16(22)12-7-9-13(23-2)10-8-12)25-18-21-20-17(24-18)14-5-3-4-6-15(14)19/h3-11H,1-2H3. The number of hydrogen-bond acceptors (Lipinski definition) is 6. The second-order valence-electron chi connectivity index (χ2n) is 5.21. The summed E-state index contributed by atoms with van der Waals surface area (Å²) in [5, 5.41) is 8.10. The van der Waals surface area contributed by atoms with Gasteiger partial charge in [0, 0.05) is 10.0 Å². The van der Waals surface area contributed by atoms with Gasteiger partial charge < -0.3 is 9.15 Å². The van der Waals surface area contributed by atoms with Crippen LogP contribution in [0.1, 0.15) is 17.3 Å². The number of thioether (sulfide) groups is 1.